The van der Waals surface area contributed by atoms with Gasteiger partial charge in [-0.2, -0.15) is 0 Å². The second kappa shape index (κ2) is 7.55. The van der Waals surface area contributed by atoms with E-state index in [0.29, 0.717) is 17.3 Å². The van der Waals surface area contributed by atoms with Crippen LogP contribution in [-0.4, -0.2) is 11.8 Å². The molecular weight excluding hydrogens is 359 g/mol. The lowest BCUT2D eigenvalue weighted by molar-refractivity contribution is -0.722. The summed E-state index contributed by atoms with van der Waals surface area (Å²) in [4.78, 5) is 17.1. The smallest absolute Gasteiger partial charge is 0.288 e. The van der Waals surface area contributed by atoms with Gasteiger partial charge in [-0.25, -0.2) is 4.79 Å². The quantitative estimate of drug-likeness (QED) is 0.319. The number of carbonyl (C=O) groups excluding carboxylic acids is 1. The van der Waals surface area contributed by atoms with E-state index in [9.17, 15) is 4.79 Å². The van der Waals surface area contributed by atoms with Crippen molar-refractivity contribution in [1.29, 1.82) is 0 Å². The summed E-state index contributed by atoms with van der Waals surface area (Å²) in [5, 5.41) is 5.37. The van der Waals surface area contributed by atoms with E-state index in [1.807, 2.05) is 42.5 Å². The summed E-state index contributed by atoms with van der Waals surface area (Å²) in [5.74, 6) is -0.322. The zero-order chi connectivity index (χ0) is 17.8. The van der Waals surface area contributed by atoms with Gasteiger partial charge in [0.2, 0.25) is 0 Å². The molecule has 0 aliphatic heterocycles. The van der Waals surface area contributed by atoms with Crippen LogP contribution >= 0.6 is 23.2 Å². The van der Waals surface area contributed by atoms with Gasteiger partial charge < -0.3 is 0 Å². The molecule has 3 aromatic rings. The zero-order valence-corrected chi connectivity index (χ0v) is 14.6. The highest BCUT2D eigenvalue weighted by atomic mass is 35.5. The minimum absolute atomic E-state index is 0.205. The summed E-state index contributed by atoms with van der Waals surface area (Å²) >= 11 is 11.8. The van der Waals surface area contributed by atoms with Gasteiger partial charge in [-0.05, 0) is 34.5 Å². The molecule has 25 heavy (non-hydrogen) atoms. The fourth-order valence-corrected chi connectivity index (χ4v) is 3.00. The van der Waals surface area contributed by atoms with E-state index in [2.05, 4.69) is 5.16 Å². The number of fused-ring (bicyclic) bond motifs is 1. The molecule has 0 bridgehead atoms. The first-order valence-electron chi connectivity index (χ1n) is 7.55. The van der Waals surface area contributed by atoms with E-state index >= 15 is 0 Å². The standard InChI is InChI=1S/C19H14Cl2N2O2/c20-14-8-9-16(17(21)11-14)19(24)25-23-18(22)10-13-6-3-5-12-4-1-2-7-15(12)13/h1-9,11H,10H2,(H2,22,23)/p+1. The molecule has 126 valence electrons. The van der Waals surface area contributed by atoms with E-state index in [4.69, 9.17) is 33.8 Å². The molecule has 3 aromatic carbocycles. The molecule has 0 aromatic heterocycles. The Labute approximate surface area is 154 Å². The number of nitrogens with two attached hydrogens (primary N) is 1. The Bertz CT molecular complexity index is 965. The number of amidine groups is 1. The van der Waals surface area contributed by atoms with Crippen LogP contribution in [0.25, 0.3) is 10.8 Å². The minimum Gasteiger partial charge on any atom is -0.288 e. The number of hydrogen-bond acceptors (Lipinski definition) is 2. The Morgan fingerprint density at radius 3 is 2.60 bits per heavy atom. The Kier molecular flexibility index (Phi) is 5.22. The van der Waals surface area contributed by atoms with Crippen molar-refractivity contribution in [3.8, 4) is 0 Å². The number of rotatable bonds is 4. The molecule has 0 saturated carbocycles. The fraction of sp³-hybridized carbons (Fsp3) is 0.0526. The molecule has 4 nitrogen and oxygen atoms in total. The molecule has 3 N–H and O–H groups in total. The summed E-state index contributed by atoms with van der Waals surface area (Å²) in [7, 11) is 0. The number of halogens is 2. The Hall–Kier alpha value is -2.56. The van der Waals surface area contributed by atoms with Gasteiger partial charge >= 0.3 is 5.97 Å². The van der Waals surface area contributed by atoms with Crippen LogP contribution in [0.4, 0.5) is 0 Å². The molecule has 0 aliphatic rings. The molecule has 0 heterocycles. The van der Waals surface area contributed by atoms with Gasteiger partial charge in [0.25, 0.3) is 5.84 Å². The average Bonchev–Trinajstić information content (AvgIpc) is 2.60. The van der Waals surface area contributed by atoms with Crippen molar-refractivity contribution in [2.45, 2.75) is 6.42 Å². The van der Waals surface area contributed by atoms with Crippen LogP contribution in [0.3, 0.4) is 0 Å². The van der Waals surface area contributed by atoms with Crippen molar-refractivity contribution in [1.82, 2.24) is 0 Å². The van der Waals surface area contributed by atoms with Crippen molar-refractivity contribution in [3.05, 3.63) is 81.8 Å². The molecule has 3 rings (SSSR count). The predicted octanol–water partition coefficient (Wildman–Crippen LogP) is 2.90. The summed E-state index contributed by atoms with van der Waals surface area (Å²) < 4.78 is 0. The van der Waals surface area contributed by atoms with Crippen LogP contribution in [-0.2, 0) is 11.3 Å². The molecule has 0 saturated heterocycles. The number of nitrogens with one attached hydrogen (secondary N) is 1. The second-order valence-corrected chi connectivity index (χ2v) is 6.30. The first-order valence-corrected chi connectivity index (χ1v) is 8.30. The summed E-state index contributed by atoms with van der Waals surface area (Å²) in [6.07, 6.45) is 0.420. The molecule has 0 spiro atoms. The fourth-order valence-electron chi connectivity index (χ4n) is 2.51. The number of benzene rings is 3. The molecular formula is C19H15Cl2N2O2+. The molecule has 0 atom stereocenters. The van der Waals surface area contributed by atoms with Crippen LogP contribution in [0.1, 0.15) is 15.9 Å². The van der Waals surface area contributed by atoms with Crippen LogP contribution in [0.5, 0.6) is 0 Å². The van der Waals surface area contributed by atoms with Gasteiger partial charge in [0.1, 0.15) is 0 Å². The molecule has 0 unspecified atom stereocenters. The molecule has 0 aliphatic carbocycles. The van der Waals surface area contributed by atoms with Gasteiger partial charge in [0.05, 0.1) is 17.0 Å². The van der Waals surface area contributed by atoms with Gasteiger partial charge in [-0.3, -0.25) is 10.6 Å². The lowest BCUT2D eigenvalue weighted by Crippen LogP contribution is -2.75. The predicted molar refractivity (Wildman–Crippen MR) is 99.7 cm³/mol. The van der Waals surface area contributed by atoms with E-state index < -0.39 is 5.97 Å². The Morgan fingerprint density at radius 2 is 1.80 bits per heavy atom. The first-order chi connectivity index (χ1) is 12.0. The van der Waals surface area contributed by atoms with E-state index in [1.165, 1.54) is 12.1 Å². The lowest BCUT2D eigenvalue weighted by Gasteiger charge is -2.04. The van der Waals surface area contributed by atoms with Crippen molar-refractivity contribution in [2.24, 2.45) is 5.73 Å². The van der Waals surface area contributed by atoms with Gasteiger partial charge in [0.15, 0.2) is 0 Å². The largest absolute Gasteiger partial charge is 0.389 e. The monoisotopic (exact) mass is 373 g/mol. The third kappa shape index (κ3) is 4.10. The third-order valence-electron chi connectivity index (χ3n) is 3.69. The van der Waals surface area contributed by atoms with Crippen LogP contribution < -0.4 is 10.9 Å². The van der Waals surface area contributed by atoms with Crippen LogP contribution in [0, 0.1) is 0 Å². The Balaban J connectivity index is 1.74. The van der Waals surface area contributed by atoms with Crippen molar-refractivity contribution < 1.29 is 14.8 Å². The summed E-state index contributed by atoms with van der Waals surface area (Å²) in [6, 6.07) is 18.5. The topological polar surface area (TPSA) is 66.3 Å². The molecule has 0 radical (unpaired) electrons. The van der Waals surface area contributed by atoms with E-state index in [0.717, 1.165) is 16.3 Å². The minimum atomic E-state index is -0.637. The van der Waals surface area contributed by atoms with Crippen molar-refractivity contribution >= 4 is 45.8 Å². The van der Waals surface area contributed by atoms with Gasteiger partial charge in [0, 0.05) is 5.02 Å². The number of hydrogen-bond donors (Lipinski definition) is 2. The maximum Gasteiger partial charge on any atom is 0.389 e. The molecule has 0 amide bonds. The maximum absolute atomic E-state index is 12.1. The highest BCUT2D eigenvalue weighted by molar-refractivity contribution is 6.36. The zero-order valence-electron chi connectivity index (χ0n) is 13.1. The molecule has 0 fully saturated rings. The summed E-state index contributed by atoms with van der Waals surface area (Å²) in [6.45, 7) is 0. The lowest BCUT2D eigenvalue weighted by atomic mass is 10.0. The highest BCUT2D eigenvalue weighted by Gasteiger charge is 2.14. The van der Waals surface area contributed by atoms with E-state index in [1.54, 1.807) is 6.07 Å². The first kappa shape index (κ1) is 17.3. The van der Waals surface area contributed by atoms with Crippen molar-refractivity contribution in [3.63, 3.8) is 0 Å². The highest BCUT2D eigenvalue weighted by Crippen LogP contribution is 2.21. The van der Waals surface area contributed by atoms with Crippen LogP contribution in [0.2, 0.25) is 10.0 Å². The SMILES string of the molecule is NC(Cc1cccc2ccccc12)=[NH+]OC(=O)c1ccc(Cl)cc1Cl. The Morgan fingerprint density at radius 1 is 1.04 bits per heavy atom. The van der Waals surface area contributed by atoms with Gasteiger partial charge in [-0.1, -0.05) is 70.8 Å². The number of carbonyl (C=O) groups is 1. The molecule has 6 heteroatoms. The maximum atomic E-state index is 12.1. The van der Waals surface area contributed by atoms with Crippen LogP contribution in [0.15, 0.2) is 60.7 Å². The van der Waals surface area contributed by atoms with Crippen molar-refractivity contribution in [2.75, 3.05) is 0 Å². The third-order valence-corrected chi connectivity index (χ3v) is 4.23. The average molecular weight is 374 g/mol. The summed E-state index contributed by atoms with van der Waals surface area (Å²) in [5.41, 5.74) is 7.20. The van der Waals surface area contributed by atoms with E-state index in [-0.39, 0.29) is 10.6 Å². The normalized spacial score (nSPS) is 11.5. The second-order valence-electron chi connectivity index (χ2n) is 5.46. The van der Waals surface area contributed by atoms with Gasteiger partial charge in [-0.15, -0.1) is 0 Å².